The molecule has 0 aliphatic heterocycles. The molecule has 0 aliphatic rings. The minimum Gasteiger partial charge on any atom is -0.379 e. The maximum Gasteiger partial charge on any atom is 0.194 e. The monoisotopic (exact) mass is 438 g/mol. The molecule has 1 atom stereocenters. The van der Waals surface area contributed by atoms with Crippen LogP contribution in [0.5, 0.6) is 0 Å². The lowest BCUT2D eigenvalue weighted by Gasteiger charge is -2.29. The third-order valence-corrected chi connectivity index (χ3v) is 3.54. The Morgan fingerprint density at radius 2 is 2.13 bits per heavy atom. The first-order chi connectivity index (χ1) is 10.3. The molecule has 1 N–H and O–H groups in total. The van der Waals surface area contributed by atoms with Gasteiger partial charge in [0, 0.05) is 27.7 Å². The molecule has 1 heterocycles. The molecule has 0 saturated heterocycles. The van der Waals surface area contributed by atoms with E-state index < -0.39 is 0 Å². The molecule has 7 nitrogen and oxygen atoms in total. The second-order valence-corrected chi connectivity index (χ2v) is 6.44. The summed E-state index contributed by atoms with van der Waals surface area (Å²) in [6, 6.07) is 0. The fourth-order valence-electron chi connectivity index (χ4n) is 2.09. The molecule has 0 fully saturated rings. The van der Waals surface area contributed by atoms with Gasteiger partial charge in [0.15, 0.2) is 5.96 Å². The van der Waals surface area contributed by atoms with E-state index >= 15 is 0 Å². The van der Waals surface area contributed by atoms with Crippen LogP contribution in [0, 0.1) is 5.41 Å². The normalized spacial score (nSPS) is 13.4. The minimum atomic E-state index is 0. The first-order valence-electron chi connectivity index (χ1n) is 7.64. The standard InChI is InChI=1S/C15H30N6O.HI/c1-8-16-14(17-9-12(22-7)15(2,3)4)20(5)10-13-18-11-19-21(13)6;/h11-12H,8-10H2,1-7H3,(H,16,17);1H. The van der Waals surface area contributed by atoms with Gasteiger partial charge in [0.25, 0.3) is 0 Å². The number of aromatic nitrogens is 3. The molecule has 0 bridgehead atoms. The Labute approximate surface area is 156 Å². The van der Waals surface area contributed by atoms with Gasteiger partial charge in [-0.05, 0) is 12.3 Å². The molecule has 134 valence electrons. The molecular formula is C15H31IN6O. The van der Waals surface area contributed by atoms with Gasteiger partial charge in [-0.2, -0.15) is 5.10 Å². The van der Waals surface area contributed by atoms with E-state index in [0.717, 1.165) is 18.3 Å². The Morgan fingerprint density at radius 1 is 1.48 bits per heavy atom. The number of nitrogens with one attached hydrogen (secondary N) is 1. The number of hydrogen-bond acceptors (Lipinski definition) is 4. The number of aliphatic imine (C=N–C) groups is 1. The third-order valence-electron chi connectivity index (χ3n) is 3.54. The highest BCUT2D eigenvalue weighted by molar-refractivity contribution is 14.0. The van der Waals surface area contributed by atoms with Crippen LogP contribution in [-0.4, -0.2) is 59.0 Å². The molecule has 1 rings (SSSR count). The van der Waals surface area contributed by atoms with Crippen LogP contribution in [0.25, 0.3) is 0 Å². The number of guanidine groups is 1. The van der Waals surface area contributed by atoms with Crippen molar-refractivity contribution in [3.8, 4) is 0 Å². The van der Waals surface area contributed by atoms with Crippen molar-refractivity contribution in [3.05, 3.63) is 12.2 Å². The molecule has 0 amide bonds. The van der Waals surface area contributed by atoms with Crippen LogP contribution >= 0.6 is 24.0 Å². The van der Waals surface area contributed by atoms with Crippen molar-refractivity contribution in [2.45, 2.75) is 40.3 Å². The topological polar surface area (TPSA) is 67.6 Å². The van der Waals surface area contributed by atoms with Gasteiger partial charge < -0.3 is 15.0 Å². The summed E-state index contributed by atoms with van der Waals surface area (Å²) in [6.07, 6.45) is 1.64. The lowest BCUT2D eigenvalue weighted by molar-refractivity contribution is 0.0240. The number of nitrogens with zero attached hydrogens (tertiary/aromatic N) is 5. The molecule has 1 unspecified atom stereocenters. The second-order valence-electron chi connectivity index (χ2n) is 6.44. The minimum absolute atomic E-state index is 0. The van der Waals surface area contributed by atoms with Crippen LogP contribution in [0.3, 0.4) is 0 Å². The summed E-state index contributed by atoms with van der Waals surface area (Å²) >= 11 is 0. The fraction of sp³-hybridized carbons (Fsp3) is 0.800. The van der Waals surface area contributed by atoms with E-state index in [1.54, 1.807) is 18.1 Å². The van der Waals surface area contributed by atoms with E-state index in [4.69, 9.17) is 9.73 Å². The maximum absolute atomic E-state index is 5.57. The Balaban J connectivity index is 0.00000484. The summed E-state index contributed by atoms with van der Waals surface area (Å²) in [6.45, 7) is 10.6. The molecule has 0 saturated carbocycles. The van der Waals surface area contributed by atoms with E-state index in [0.29, 0.717) is 13.1 Å². The van der Waals surface area contributed by atoms with Gasteiger partial charge in [0.1, 0.15) is 12.2 Å². The summed E-state index contributed by atoms with van der Waals surface area (Å²) < 4.78 is 7.34. The lowest BCUT2D eigenvalue weighted by Crippen LogP contribution is -2.40. The first kappa shape index (κ1) is 22.1. The average molecular weight is 438 g/mol. The van der Waals surface area contributed by atoms with Crippen molar-refractivity contribution in [3.63, 3.8) is 0 Å². The number of ether oxygens (including phenoxy) is 1. The van der Waals surface area contributed by atoms with Crippen LogP contribution in [0.1, 0.15) is 33.5 Å². The number of halogens is 1. The van der Waals surface area contributed by atoms with Gasteiger partial charge in [0.05, 0.1) is 19.2 Å². The quantitative estimate of drug-likeness (QED) is 0.418. The van der Waals surface area contributed by atoms with Crippen LogP contribution < -0.4 is 5.32 Å². The zero-order valence-corrected chi connectivity index (χ0v) is 17.7. The highest BCUT2D eigenvalue weighted by Gasteiger charge is 2.24. The van der Waals surface area contributed by atoms with Crippen LogP contribution in [0.15, 0.2) is 11.3 Å². The van der Waals surface area contributed by atoms with E-state index in [1.165, 1.54) is 0 Å². The third kappa shape index (κ3) is 7.03. The van der Waals surface area contributed by atoms with Gasteiger partial charge in [-0.1, -0.05) is 20.8 Å². The largest absolute Gasteiger partial charge is 0.379 e. The number of aryl methyl sites for hydroxylation is 1. The van der Waals surface area contributed by atoms with Gasteiger partial charge in [-0.3, -0.25) is 9.67 Å². The molecule has 23 heavy (non-hydrogen) atoms. The van der Waals surface area contributed by atoms with Crippen molar-refractivity contribution in [1.82, 2.24) is 25.0 Å². The van der Waals surface area contributed by atoms with Crippen molar-refractivity contribution < 1.29 is 4.74 Å². The Morgan fingerprint density at radius 3 is 2.57 bits per heavy atom. The predicted octanol–water partition coefficient (Wildman–Crippen LogP) is 1.89. The maximum atomic E-state index is 5.57. The van der Waals surface area contributed by atoms with Crippen molar-refractivity contribution in [2.24, 2.45) is 17.5 Å². The highest BCUT2D eigenvalue weighted by Crippen LogP contribution is 2.21. The summed E-state index contributed by atoms with van der Waals surface area (Å²) in [4.78, 5) is 11.0. The predicted molar refractivity (Wildman–Crippen MR) is 104 cm³/mol. The van der Waals surface area contributed by atoms with Gasteiger partial charge in [0.2, 0.25) is 0 Å². The lowest BCUT2D eigenvalue weighted by atomic mass is 9.89. The van der Waals surface area contributed by atoms with Crippen molar-refractivity contribution in [2.75, 3.05) is 27.2 Å². The number of methoxy groups -OCH3 is 1. The van der Waals surface area contributed by atoms with Gasteiger partial charge >= 0.3 is 0 Å². The van der Waals surface area contributed by atoms with Crippen molar-refractivity contribution in [1.29, 1.82) is 0 Å². The first-order valence-corrected chi connectivity index (χ1v) is 7.64. The van der Waals surface area contributed by atoms with Crippen LogP contribution in [0.4, 0.5) is 0 Å². The number of hydrogen-bond donors (Lipinski definition) is 1. The van der Waals surface area contributed by atoms with E-state index in [-0.39, 0.29) is 35.5 Å². The van der Waals surface area contributed by atoms with E-state index in [2.05, 4.69) is 43.1 Å². The highest BCUT2D eigenvalue weighted by atomic mass is 127. The Hall–Kier alpha value is -0.900. The zero-order chi connectivity index (χ0) is 16.8. The van der Waals surface area contributed by atoms with E-state index in [1.807, 2.05) is 19.0 Å². The van der Waals surface area contributed by atoms with Crippen LogP contribution in [0.2, 0.25) is 0 Å². The molecule has 0 aliphatic carbocycles. The van der Waals surface area contributed by atoms with Crippen molar-refractivity contribution >= 4 is 29.9 Å². The molecule has 0 radical (unpaired) electrons. The number of rotatable bonds is 6. The SMILES string of the molecule is CCNC(=NCC(OC)C(C)(C)C)N(C)Cc1ncnn1C.I. The Bertz CT molecular complexity index is 483. The van der Waals surface area contributed by atoms with Crippen LogP contribution in [-0.2, 0) is 18.3 Å². The molecule has 8 heteroatoms. The Kier molecular flexibility index (Phi) is 9.67. The zero-order valence-electron chi connectivity index (χ0n) is 15.3. The van der Waals surface area contributed by atoms with E-state index in [9.17, 15) is 0 Å². The van der Waals surface area contributed by atoms with Gasteiger partial charge in [-0.25, -0.2) is 4.98 Å². The molecular weight excluding hydrogens is 407 g/mol. The fourth-order valence-corrected chi connectivity index (χ4v) is 2.09. The summed E-state index contributed by atoms with van der Waals surface area (Å²) in [7, 11) is 5.62. The molecule has 0 spiro atoms. The smallest absolute Gasteiger partial charge is 0.194 e. The molecule has 0 aromatic carbocycles. The summed E-state index contributed by atoms with van der Waals surface area (Å²) in [5, 5.41) is 7.40. The average Bonchev–Trinajstić information content (AvgIpc) is 2.82. The second kappa shape index (κ2) is 10.1. The summed E-state index contributed by atoms with van der Waals surface area (Å²) in [5.74, 6) is 1.74. The molecule has 1 aromatic rings. The summed E-state index contributed by atoms with van der Waals surface area (Å²) in [5.41, 5.74) is 0.0533. The van der Waals surface area contributed by atoms with Gasteiger partial charge in [-0.15, -0.1) is 24.0 Å². The molecule has 1 aromatic heterocycles.